The van der Waals surface area contributed by atoms with Crippen molar-refractivity contribution in [2.24, 2.45) is 26.9 Å². The molecule has 30 heavy (non-hydrogen) atoms. The maximum atomic E-state index is 13.2. The Morgan fingerprint density at radius 3 is 2.80 bits per heavy atom. The van der Waals surface area contributed by atoms with Gasteiger partial charge >= 0.3 is 0 Å². The zero-order chi connectivity index (χ0) is 21.4. The summed E-state index contributed by atoms with van der Waals surface area (Å²) in [4.78, 5) is 24.6. The van der Waals surface area contributed by atoms with Crippen LogP contribution in [0.5, 0.6) is 0 Å². The van der Waals surface area contributed by atoms with Crippen LogP contribution in [0.25, 0.3) is 0 Å². The molecule has 1 amide bonds. The van der Waals surface area contributed by atoms with Crippen molar-refractivity contribution in [2.45, 2.75) is 70.1 Å². The summed E-state index contributed by atoms with van der Waals surface area (Å²) in [5.41, 5.74) is 0.976. The Labute approximate surface area is 177 Å². The Bertz CT molecular complexity index is 752. The molecule has 9 heteroatoms. The molecule has 7 atom stereocenters. The molecule has 4 rings (SSSR count). The number of ether oxygens (including phenoxy) is 2. The Morgan fingerprint density at radius 1 is 1.30 bits per heavy atom. The van der Waals surface area contributed by atoms with E-state index in [4.69, 9.17) is 14.5 Å². The lowest BCUT2D eigenvalue weighted by Crippen LogP contribution is -2.40. The Kier molecular flexibility index (Phi) is 6.22. The predicted octanol–water partition coefficient (Wildman–Crippen LogP) is 0.915. The van der Waals surface area contributed by atoms with Crippen molar-refractivity contribution < 1.29 is 19.4 Å². The van der Waals surface area contributed by atoms with E-state index in [1.165, 1.54) is 0 Å². The third-order valence-electron chi connectivity index (χ3n) is 6.66. The summed E-state index contributed by atoms with van der Waals surface area (Å²) in [5.74, 6) is 0.957. The van der Waals surface area contributed by atoms with Gasteiger partial charge in [-0.2, -0.15) is 5.10 Å². The van der Waals surface area contributed by atoms with Crippen LogP contribution in [0.1, 0.15) is 39.5 Å². The molecular weight excluding hydrogens is 386 g/mol. The van der Waals surface area contributed by atoms with Gasteiger partial charge < -0.3 is 14.6 Å². The van der Waals surface area contributed by atoms with Gasteiger partial charge in [-0.05, 0) is 33.1 Å². The minimum atomic E-state index is -0.446. The molecule has 4 heterocycles. The zero-order valence-electron chi connectivity index (χ0n) is 18.3. The van der Waals surface area contributed by atoms with Gasteiger partial charge in [0.2, 0.25) is 5.91 Å². The first-order chi connectivity index (χ1) is 14.4. The number of amidine groups is 1. The highest BCUT2D eigenvalue weighted by Gasteiger charge is 2.48. The topological polar surface area (TPSA) is 99.3 Å². The number of hydrogen-bond donors (Lipinski definition) is 1. The lowest BCUT2D eigenvalue weighted by atomic mass is 9.83. The summed E-state index contributed by atoms with van der Waals surface area (Å²) in [5, 5.41) is 16.1. The maximum absolute atomic E-state index is 13.2. The van der Waals surface area contributed by atoms with E-state index in [9.17, 15) is 9.90 Å². The van der Waals surface area contributed by atoms with Crippen LogP contribution in [-0.2, 0) is 14.3 Å². The minimum Gasteiger partial charge on any atom is -0.392 e. The average Bonchev–Trinajstić information content (AvgIpc) is 3.28. The summed E-state index contributed by atoms with van der Waals surface area (Å²) >= 11 is 0. The number of hydrazone groups is 1. The van der Waals surface area contributed by atoms with Crippen molar-refractivity contribution in [2.75, 3.05) is 27.3 Å². The number of fused-ring (bicyclic) bond motifs is 1. The number of likely N-dealkylation sites (tertiary alicyclic amines) is 1. The standard InChI is InChI=1S/C21H33N5O4/c1-12(27)11-25-8-7-18(24-25)26-13(2)19-15(21(26)28)5-6-16(23-19)14-9-17(29-3)20(30-4)22-10-14/h10,12-17,20,27H,5-9,11H2,1-4H3/t12-,13-,14?,15?,16?,17?,20?/m1/s1. The lowest BCUT2D eigenvalue weighted by molar-refractivity contribution is -0.128. The Balaban J connectivity index is 1.51. The molecule has 0 radical (unpaired) electrons. The molecule has 4 aliphatic heterocycles. The van der Waals surface area contributed by atoms with Gasteiger partial charge in [-0.3, -0.25) is 24.7 Å². The Hall–Kier alpha value is -1.84. The van der Waals surface area contributed by atoms with Crippen LogP contribution in [0.4, 0.5) is 0 Å². The molecule has 1 N–H and O–H groups in total. The number of aliphatic imine (C=N–C) groups is 2. The fourth-order valence-corrected chi connectivity index (χ4v) is 5.15. The molecule has 0 aromatic carbocycles. The maximum Gasteiger partial charge on any atom is 0.237 e. The van der Waals surface area contributed by atoms with Gasteiger partial charge in [0, 0.05) is 45.0 Å². The molecule has 0 bridgehead atoms. The van der Waals surface area contributed by atoms with Gasteiger partial charge in [0.25, 0.3) is 0 Å². The number of carbonyl (C=O) groups is 1. The monoisotopic (exact) mass is 419 g/mol. The SMILES string of the molecule is COC1CC(C2CCC3C(=O)N(C4=NN(C[C@@H](C)O)CC4)[C@H](C)C3=N2)C=NC1OC. The van der Waals surface area contributed by atoms with Crippen LogP contribution in [0.3, 0.4) is 0 Å². The smallest absolute Gasteiger partial charge is 0.237 e. The molecule has 0 aromatic heterocycles. The van der Waals surface area contributed by atoms with Crippen LogP contribution in [0.15, 0.2) is 15.1 Å². The van der Waals surface area contributed by atoms with E-state index in [1.54, 1.807) is 21.1 Å². The first-order valence-corrected chi connectivity index (χ1v) is 10.9. The van der Waals surface area contributed by atoms with Crippen molar-refractivity contribution in [1.82, 2.24) is 9.91 Å². The van der Waals surface area contributed by atoms with Crippen molar-refractivity contribution in [3.05, 3.63) is 0 Å². The average molecular weight is 420 g/mol. The third kappa shape index (κ3) is 3.90. The number of carbonyl (C=O) groups excluding carboxylic acids is 1. The van der Waals surface area contributed by atoms with E-state index in [0.717, 1.165) is 43.8 Å². The van der Waals surface area contributed by atoms with Crippen LogP contribution in [0, 0.1) is 11.8 Å². The second-order valence-electron chi connectivity index (χ2n) is 8.76. The molecule has 166 valence electrons. The van der Waals surface area contributed by atoms with Gasteiger partial charge in [0.05, 0.1) is 30.7 Å². The van der Waals surface area contributed by atoms with Crippen molar-refractivity contribution in [3.63, 3.8) is 0 Å². The molecule has 0 spiro atoms. The number of β-amino-alcohol motifs (C(OH)–C–C–N with tert-alkyl or cyclic N) is 1. The van der Waals surface area contributed by atoms with Crippen LogP contribution in [-0.4, -0.2) is 96.5 Å². The molecule has 9 nitrogen and oxygen atoms in total. The number of nitrogens with zero attached hydrogens (tertiary/aromatic N) is 5. The fourth-order valence-electron chi connectivity index (χ4n) is 5.15. The van der Waals surface area contributed by atoms with Gasteiger partial charge in [0.15, 0.2) is 6.23 Å². The number of hydrogen-bond acceptors (Lipinski definition) is 8. The molecular formula is C21H33N5O4. The zero-order valence-corrected chi connectivity index (χ0v) is 18.3. The van der Waals surface area contributed by atoms with E-state index in [2.05, 4.69) is 10.1 Å². The summed E-state index contributed by atoms with van der Waals surface area (Å²) in [7, 11) is 3.34. The highest BCUT2D eigenvalue weighted by Crippen LogP contribution is 2.36. The molecule has 5 unspecified atom stereocenters. The van der Waals surface area contributed by atoms with E-state index >= 15 is 0 Å². The second kappa shape index (κ2) is 8.72. The summed E-state index contributed by atoms with van der Waals surface area (Å²) in [6, 6.07) is 0.0314. The van der Waals surface area contributed by atoms with Gasteiger partial charge in [-0.15, -0.1) is 0 Å². The van der Waals surface area contributed by atoms with Crippen LogP contribution >= 0.6 is 0 Å². The summed E-state index contributed by atoms with van der Waals surface area (Å²) in [6.45, 7) is 5.01. The first kappa shape index (κ1) is 21.4. The molecule has 0 saturated carbocycles. The molecule has 1 fully saturated rings. The van der Waals surface area contributed by atoms with E-state index in [-0.39, 0.29) is 42.2 Å². The fraction of sp³-hybridized carbons (Fsp3) is 0.810. The van der Waals surface area contributed by atoms with E-state index in [0.29, 0.717) is 6.54 Å². The number of rotatable bonds is 5. The van der Waals surface area contributed by atoms with E-state index < -0.39 is 6.10 Å². The van der Waals surface area contributed by atoms with Gasteiger partial charge in [-0.25, -0.2) is 0 Å². The van der Waals surface area contributed by atoms with Crippen LogP contribution < -0.4 is 0 Å². The number of aliphatic hydroxyl groups is 1. The first-order valence-electron chi connectivity index (χ1n) is 10.9. The van der Waals surface area contributed by atoms with Crippen molar-refractivity contribution in [3.8, 4) is 0 Å². The number of amides is 1. The number of methoxy groups -OCH3 is 2. The summed E-state index contributed by atoms with van der Waals surface area (Å²) < 4.78 is 11.0. The molecule has 0 aromatic rings. The van der Waals surface area contributed by atoms with E-state index in [1.807, 2.05) is 23.0 Å². The largest absolute Gasteiger partial charge is 0.392 e. The second-order valence-corrected chi connectivity index (χ2v) is 8.76. The normalized spacial score (nSPS) is 37.3. The minimum absolute atomic E-state index is 0.0743. The van der Waals surface area contributed by atoms with Gasteiger partial charge in [-0.1, -0.05) is 0 Å². The summed E-state index contributed by atoms with van der Waals surface area (Å²) in [6.07, 6.45) is 4.39. The highest BCUT2D eigenvalue weighted by molar-refractivity contribution is 6.19. The van der Waals surface area contributed by atoms with Crippen molar-refractivity contribution >= 4 is 23.7 Å². The molecule has 1 saturated heterocycles. The molecule has 0 aliphatic carbocycles. The van der Waals surface area contributed by atoms with Crippen LogP contribution in [0.2, 0.25) is 0 Å². The number of aliphatic hydroxyl groups excluding tert-OH is 1. The van der Waals surface area contributed by atoms with Crippen molar-refractivity contribution in [1.29, 1.82) is 0 Å². The molecule has 4 aliphatic rings. The Morgan fingerprint density at radius 2 is 2.10 bits per heavy atom. The quantitative estimate of drug-likeness (QED) is 0.714. The highest BCUT2D eigenvalue weighted by atomic mass is 16.5. The third-order valence-corrected chi connectivity index (χ3v) is 6.66. The lowest BCUT2D eigenvalue weighted by Gasteiger charge is -2.34. The predicted molar refractivity (Wildman–Crippen MR) is 114 cm³/mol. The van der Waals surface area contributed by atoms with Gasteiger partial charge in [0.1, 0.15) is 11.9 Å².